The molecule has 0 fully saturated rings. The van der Waals surface area contributed by atoms with E-state index < -0.39 is 0 Å². The lowest BCUT2D eigenvalue weighted by Gasteiger charge is -2.17. The van der Waals surface area contributed by atoms with Gasteiger partial charge in [-0.25, -0.2) is 0 Å². The van der Waals surface area contributed by atoms with E-state index in [9.17, 15) is 4.79 Å². The molecule has 6 heteroatoms. The zero-order valence-electron chi connectivity index (χ0n) is 11.8. The van der Waals surface area contributed by atoms with Gasteiger partial charge in [0.05, 0.1) is 5.75 Å². The first-order valence-corrected chi connectivity index (χ1v) is 7.78. The van der Waals surface area contributed by atoms with Crippen molar-refractivity contribution >= 4 is 41.7 Å². The van der Waals surface area contributed by atoms with Crippen LogP contribution in [0.1, 0.15) is 13.8 Å². The summed E-state index contributed by atoms with van der Waals surface area (Å²) in [6.07, 6.45) is 0. The van der Waals surface area contributed by atoms with Gasteiger partial charge in [-0.05, 0) is 37.4 Å². The number of thioether (sulfide) groups is 1. The molecule has 0 radical (unpaired) electrons. The summed E-state index contributed by atoms with van der Waals surface area (Å²) in [6.45, 7) is 7.41. The molecule has 0 saturated carbocycles. The summed E-state index contributed by atoms with van der Waals surface area (Å²) in [5.74, 6) is 0.159. The number of benzene rings is 1. The number of carbonyl (C=O) groups is 1. The molecule has 0 spiro atoms. The van der Waals surface area contributed by atoms with Crippen molar-refractivity contribution in [1.29, 1.82) is 0 Å². The second-order valence-corrected chi connectivity index (χ2v) is 5.48. The molecule has 1 rings (SSSR count). The van der Waals surface area contributed by atoms with E-state index in [1.54, 1.807) is 0 Å². The van der Waals surface area contributed by atoms with Crippen molar-refractivity contribution < 1.29 is 9.53 Å². The van der Waals surface area contributed by atoms with Gasteiger partial charge < -0.3 is 9.64 Å². The fourth-order valence-electron chi connectivity index (χ4n) is 1.54. The number of carbonyl (C=O) groups excluding carboxylic acids is 1. The highest BCUT2D eigenvalue weighted by Crippen LogP contribution is 2.20. The summed E-state index contributed by atoms with van der Waals surface area (Å²) in [5, 5.41) is 0.700. The molecule has 0 saturated heterocycles. The number of ether oxygens (including phenoxy) is 1. The van der Waals surface area contributed by atoms with E-state index in [-0.39, 0.29) is 18.4 Å². The first-order chi connectivity index (χ1) is 9.15. The minimum absolute atomic E-state index is 0. The van der Waals surface area contributed by atoms with Crippen molar-refractivity contribution in [2.24, 2.45) is 0 Å². The van der Waals surface area contributed by atoms with Gasteiger partial charge >= 0.3 is 5.97 Å². The molecule has 0 aliphatic rings. The van der Waals surface area contributed by atoms with Crippen molar-refractivity contribution in [3.63, 3.8) is 0 Å². The van der Waals surface area contributed by atoms with Gasteiger partial charge in [-0.1, -0.05) is 25.4 Å². The highest BCUT2D eigenvalue weighted by atomic mass is 35.5. The lowest BCUT2D eigenvalue weighted by Crippen LogP contribution is -2.28. The van der Waals surface area contributed by atoms with E-state index >= 15 is 0 Å². The molecule has 0 aliphatic carbocycles. The Labute approximate surface area is 136 Å². The first-order valence-electron chi connectivity index (χ1n) is 6.42. The highest BCUT2D eigenvalue weighted by molar-refractivity contribution is 8.00. The van der Waals surface area contributed by atoms with E-state index in [1.165, 1.54) is 11.8 Å². The molecule has 0 amide bonds. The van der Waals surface area contributed by atoms with E-state index in [1.807, 2.05) is 24.3 Å². The van der Waals surface area contributed by atoms with Gasteiger partial charge in [-0.2, -0.15) is 0 Å². The molecule has 3 nitrogen and oxygen atoms in total. The van der Waals surface area contributed by atoms with E-state index in [2.05, 4.69) is 18.7 Å². The van der Waals surface area contributed by atoms with Crippen LogP contribution < -0.4 is 0 Å². The standard InChI is InChI=1S/C14H20ClNO2S.ClH/c1-3-16(4-2)9-10-18-14(17)11-19-13-7-5-12(15)6-8-13;/h5-8H,3-4,9-11H2,1-2H3;1H. The largest absolute Gasteiger partial charge is 0.464 e. The normalized spacial score (nSPS) is 10.2. The smallest absolute Gasteiger partial charge is 0.316 e. The topological polar surface area (TPSA) is 29.5 Å². The van der Waals surface area contributed by atoms with Crippen LogP contribution in [-0.4, -0.2) is 42.9 Å². The van der Waals surface area contributed by atoms with Crippen molar-refractivity contribution in [2.45, 2.75) is 18.7 Å². The van der Waals surface area contributed by atoms with E-state index in [0.29, 0.717) is 17.4 Å². The Kier molecular flexibility index (Phi) is 11.0. The van der Waals surface area contributed by atoms with Crippen LogP contribution in [0, 0.1) is 0 Å². The Morgan fingerprint density at radius 2 is 1.85 bits per heavy atom. The zero-order chi connectivity index (χ0) is 14.1. The maximum absolute atomic E-state index is 11.6. The summed E-state index contributed by atoms with van der Waals surface area (Å²) < 4.78 is 5.19. The fourth-order valence-corrected chi connectivity index (χ4v) is 2.37. The van der Waals surface area contributed by atoms with Gasteiger partial charge in [0.25, 0.3) is 0 Å². The Balaban J connectivity index is 0.00000361. The molecule has 0 N–H and O–H groups in total. The number of halogens is 2. The molecular formula is C14H21Cl2NO2S. The van der Waals surface area contributed by atoms with Crippen LogP contribution in [0.4, 0.5) is 0 Å². The first kappa shape index (κ1) is 19.6. The van der Waals surface area contributed by atoms with Gasteiger partial charge in [0, 0.05) is 16.5 Å². The minimum atomic E-state index is -0.174. The third-order valence-corrected chi connectivity index (χ3v) is 3.97. The molecule has 1 aromatic rings. The van der Waals surface area contributed by atoms with Crippen molar-refractivity contribution in [2.75, 3.05) is 32.0 Å². The predicted octanol–water partition coefficient (Wildman–Crippen LogP) is 3.74. The SMILES string of the molecule is CCN(CC)CCOC(=O)CSc1ccc(Cl)cc1.Cl. The molecular weight excluding hydrogens is 317 g/mol. The van der Waals surface area contributed by atoms with Crippen LogP contribution in [0.2, 0.25) is 5.02 Å². The Morgan fingerprint density at radius 1 is 1.25 bits per heavy atom. The van der Waals surface area contributed by atoms with Crippen LogP contribution >= 0.6 is 35.8 Å². The zero-order valence-corrected chi connectivity index (χ0v) is 14.2. The number of hydrogen-bond acceptors (Lipinski definition) is 4. The van der Waals surface area contributed by atoms with Crippen LogP contribution in [0.5, 0.6) is 0 Å². The summed E-state index contributed by atoms with van der Waals surface area (Å²) in [4.78, 5) is 14.8. The molecule has 0 aliphatic heterocycles. The Hall–Kier alpha value is -0.420. The molecule has 0 bridgehead atoms. The quantitative estimate of drug-likeness (QED) is 0.533. The predicted molar refractivity (Wildman–Crippen MR) is 88.2 cm³/mol. The lowest BCUT2D eigenvalue weighted by molar-refractivity contribution is -0.140. The van der Waals surface area contributed by atoms with Crippen molar-refractivity contribution in [3.05, 3.63) is 29.3 Å². The monoisotopic (exact) mass is 337 g/mol. The molecule has 114 valence electrons. The third-order valence-electron chi connectivity index (χ3n) is 2.74. The summed E-state index contributed by atoms with van der Waals surface area (Å²) >= 11 is 7.26. The summed E-state index contributed by atoms with van der Waals surface area (Å²) in [6, 6.07) is 7.43. The lowest BCUT2D eigenvalue weighted by atomic mass is 10.4. The second kappa shape index (κ2) is 11.3. The average molecular weight is 338 g/mol. The van der Waals surface area contributed by atoms with Crippen molar-refractivity contribution in [3.8, 4) is 0 Å². The minimum Gasteiger partial charge on any atom is -0.464 e. The van der Waals surface area contributed by atoms with Crippen LogP contribution in [0.15, 0.2) is 29.2 Å². The maximum atomic E-state index is 11.6. The van der Waals surface area contributed by atoms with E-state index in [4.69, 9.17) is 16.3 Å². The van der Waals surface area contributed by atoms with Crippen LogP contribution in [0.3, 0.4) is 0 Å². The number of esters is 1. The molecule has 0 aromatic heterocycles. The molecule has 1 aromatic carbocycles. The molecule has 0 heterocycles. The molecule has 0 unspecified atom stereocenters. The van der Waals surface area contributed by atoms with Gasteiger partial charge in [-0.15, -0.1) is 24.2 Å². The summed E-state index contributed by atoms with van der Waals surface area (Å²) in [7, 11) is 0. The molecule has 20 heavy (non-hydrogen) atoms. The van der Waals surface area contributed by atoms with Gasteiger partial charge in [-0.3, -0.25) is 4.79 Å². The average Bonchev–Trinajstić information content (AvgIpc) is 2.43. The van der Waals surface area contributed by atoms with Crippen LogP contribution in [0.25, 0.3) is 0 Å². The Morgan fingerprint density at radius 3 is 2.40 bits per heavy atom. The highest BCUT2D eigenvalue weighted by Gasteiger charge is 2.05. The Bertz CT molecular complexity index is 383. The summed E-state index contributed by atoms with van der Waals surface area (Å²) in [5.41, 5.74) is 0. The number of likely N-dealkylation sites (N-methyl/N-ethyl adjacent to an activating group) is 1. The fraction of sp³-hybridized carbons (Fsp3) is 0.500. The maximum Gasteiger partial charge on any atom is 0.316 e. The number of nitrogens with zero attached hydrogens (tertiary/aromatic N) is 1. The van der Waals surface area contributed by atoms with Gasteiger partial charge in [0.1, 0.15) is 6.61 Å². The second-order valence-electron chi connectivity index (χ2n) is 3.99. The molecule has 0 atom stereocenters. The third kappa shape index (κ3) is 8.00. The number of hydrogen-bond donors (Lipinski definition) is 0. The van der Waals surface area contributed by atoms with Gasteiger partial charge in [0.15, 0.2) is 0 Å². The van der Waals surface area contributed by atoms with E-state index in [0.717, 1.165) is 24.5 Å². The van der Waals surface area contributed by atoms with Gasteiger partial charge in [0.2, 0.25) is 0 Å². The number of rotatable bonds is 8. The van der Waals surface area contributed by atoms with Crippen molar-refractivity contribution in [1.82, 2.24) is 4.90 Å². The van der Waals surface area contributed by atoms with Crippen LogP contribution in [-0.2, 0) is 9.53 Å².